The van der Waals surface area contributed by atoms with E-state index in [1.54, 1.807) is 36.5 Å². The van der Waals surface area contributed by atoms with Gasteiger partial charge in [0, 0.05) is 24.8 Å². The van der Waals surface area contributed by atoms with Crippen LogP contribution in [0.3, 0.4) is 0 Å². The summed E-state index contributed by atoms with van der Waals surface area (Å²) in [5.41, 5.74) is 0.912. The maximum atomic E-state index is 11.2. The van der Waals surface area contributed by atoms with Crippen LogP contribution >= 0.6 is 0 Å². The highest BCUT2D eigenvalue weighted by Gasteiger charge is 2.09. The number of hydrogen-bond acceptors (Lipinski definition) is 4. The van der Waals surface area contributed by atoms with Gasteiger partial charge in [-0.1, -0.05) is 6.07 Å². The van der Waals surface area contributed by atoms with E-state index in [1.165, 1.54) is 0 Å². The van der Waals surface area contributed by atoms with Gasteiger partial charge in [0.25, 0.3) is 0 Å². The van der Waals surface area contributed by atoms with Crippen molar-refractivity contribution in [2.75, 3.05) is 5.32 Å². The molecule has 106 valence electrons. The summed E-state index contributed by atoms with van der Waals surface area (Å²) in [6.07, 6.45) is 3.62. The van der Waals surface area contributed by atoms with Crippen LogP contribution in [0, 0.1) is 0 Å². The number of carbonyl (C=O) groups is 1. The van der Waals surface area contributed by atoms with E-state index < -0.39 is 5.97 Å². The summed E-state index contributed by atoms with van der Waals surface area (Å²) in [6, 6.07) is 8.62. The number of hydrogen-bond donors (Lipinski definition) is 2. The number of benzene rings is 1. The van der Waals surface area contributed by atoms with Crippen molar-refractivity contribution in [3.05, 3.63) is 54.1 Å². The zero-order valence-corrected chi connectivity index (χ0v) is 11.4. The van der Waals surface area contributed by atoms with Crippen LogP contribution in [-0.4, -0.2) is 25.6 Å². The molecule has 0 aliphatic heterocycles. The summed E-state index contributed by atoms with van der Waals surface area (Å²) < 4.78 is 1.93. The fraction of sp³-hybridized carbons (Fsp3) is 0.133. The Kier molecular flexibility index (Phi) is 3.27. The molecule has 2 N–H and O–H groups in total. The maximum Gasteiger partial charge on any atom is 0.336 e. The number of aryl methyl sites for hydroxylation is 1. The van der Waals surface area contributed by atoms with Crippen LogP contribution in [0.5, 0.6) is 0 Å². The molecule has 0 saturated heterocycles. The lowest BCUT2D eigenvalue weighted by molar-refractivity contribution is 0.0699. The number of rotatable bonds is 4. The monoisotopic (exact) mass is 282 g/mol. The normalized spacial score (nSPS) is 10.7. The Balaban J connectivity index is 1.88. The number of fused-ring (bicyclic) bond motifs is 1. The zero-order valence-electron chi connectivity index (χ0n) is 11.4. The first-order chi connectivity index (χ1) is 10.1. The van der Waals surface area contributed by atoms with Crippen molar-refractivity contribution in [3.8, 4) is 0 Å². The van der Waals surface area contributed by atoms with E-state index in [-0.39, 0.29) is 5.56 Å². The fourth-order valence-corrected chi connectivity index (χ4v) is 2.18. The van der Waals surface area contributed by atoms with Gasteiger partial charge in [-0.25, -0.2) is 14.8 Å². The highest BCUT2D eigenvalue weighted by atomic mass is 16.4. The minimum atomic E-state index is -0.948. The molecule has 21 heavy (non-hydrogen) atoms. The largest absolute Gasteiger partial charge is 0.478 e. The topological polar surface area (TPSA) is 80.0 Å². The molecule has 3 rings (SSSR count). The Morgan fingerprint density at radius 1 is 1.33 bits per heavy atom. The second kappa shape index (κ2) is 5.24. The molecule has 0 aliphatic rings. The molecule has 0 bridgehead atoms. The van der Waals surface area contributed by atoms with Crippen molar-refractivity contribution in [1.29, 1.82) is 0 Å². The van der Waals surface area contributed by atoms with Crippen LogP contribution in [-0.2, 0) is 13.6 Å². The van der Waals surface area contributed by atoms with Crippen molar-refractivity contribution >= 4 is 22.7 Å². The first kappa shape index (κ1) is 13.1. The standard InChI is InChI=1S/C15H14N4O2/c1-19-8-7-16-14(19)9-17-13-6-5-10-11(15(20)21)3-2-4-12(10)18-13/h2-8H,9H2,1H3,(H,17,18)(H,20,21). The van der Waals surface area contributed by atoms with E-state index in [4.69, 9.17) is 5.11 Å². The predicted molar refractivity (Wildman–Crippen MR) is 79.2 cm³/mol. The summed E-state index contributed by atoms with van der Waals surface area (Å²) in [6.45, 7) is 0.556. The molecule has 0 amide bonds. The quantitative estimate of drug-likeness (QED) is 0.767. The Morgan fingerprint density at radius 2 is 2.19 bits per heavy atom. The van der Waals surface area contributed by atoms with Crippen molar-refractivity contribution < 1.29 is 9.90 Å². The minimum absolute atomic E-state index is 0.260. The molecule has 0 unspecified atom stereocenters. The van der Waals surface area contributed by atoms with E-state index in [2.05, 4.69) is 15.3 Å². The van der Waals surface area contributed by atoms with Gasteiger partial charge in [0.1, 0.15) is 11.6 Å². The van der Waals surface area contributed by atoms with Gasteiger partial charge in [-0.3, -0.25) is 0 Å². The summed E-state index contributed by atoms with van der Waals surface area (Å²) in [5, 5.41) is 13.0. The number of nitrogens with one attached hydrogen (secondary N) is 1. The van der Waals surface area contributed by atoms with Crippen LogP contribution in [0.15, 0.2) is 42.7 Å². The Morgan fingerprint density at radius 3 is 2.90 bits per heavy atom. The van der Waals surface area contributed by atoms with Crippen molar-refractivity contribution in [1.82, 2.24) is 14.5 Å². The van der Waals surface area contributed by atoms with E-state index in [1.807, 2.05) is 17.8 Å². The lowest BCUT2D eigenvalue weighted by Gasteiger charge is -2.08. The summed E-state index contributed by atoms with van der Waals surface area (Å²) >= 11 is 0. The molecule has 0 fully saturated rings. The van der Waals surface area contributed by atoms with Crippen molar-refractivity contribution in [3.63, 3.8) is 0 Å². The second-order valence-corrected chi connectivity index (χ2v) is 4.68. The van der Waals surface area contributed by atoms with Gasteiger partial charge in [0.2, 0.25) is 0 Å². The van der Waals surface area contributed by atoms with Gasteiger partial charge in [-0.15, -0.1) is 0 Å². The molecule has 0 radical (unpaired) electrons. The molecule has 2 aromatic heterocycles. The number of anilines is 1. The van der Waals surface area contributed by atoms with E-state index >= 15 is 0 Å². The molecule has 1 aromatic carbocycles. The van der Waals surface area contributed by atoms with Gasteiger partial charge in [0.15, 0.2) is 0 Å². The highest BCUT2D eigenvalue weighted by Crippen LogP contribution is 2.19. The average molecular weight is 282 g/mol. The molecular formula is C15H14N4O2. The molecule has 3 aromatic rings. The number of pyridine rings is 1. The van der Waals surface area contributed by atoms with Crippen LogP contribution in [0.2, 0.25) is 0 Å². The van der Waals surface area contributed by atoms with Crippen LogP contribution < -0.4 is 5.32 Å². The Labute approximate surface area is 121 Å². The van der Waals surface area contributed by atoms with Crippen LogP contribution in [0.1, 0.15) is 16.2 Å². The van der Waals surface area contributed by atoms with Crippen molar-refractivity contribution in [2.24, 2.45) is 7.05 Å². The molecular weight excluding hydrogens is 268 g/mol. The number of imidazole rings is 1. The molecule has 6 nitrogen and oxygen atoms in total. The summed E-state index contributed by atoms with van der Waals surface area (Å²) in [7, 11) is 1.93. The molecule has 2 heterocycles. The lowest BCUT2D eigenvalue weighted by atomic mass is 10.1. The fourth-order valence-electron chi connectivity index (χ4n) is 2.18. The van der Waals surface area contributed by atoms with E-state index in [0.717, 1.165) is 5.82 Å². The molecule has 0 spiro atoms. The van der Waals surface area contributed by atoms with Gasteiger partial charge in [-0.05, 0) is 24.3 Å². The summed E-state index contributed by atoms with van der Waals surface area (Å²) in [4.78, 5) is 19.8. The number of carboxylic acids is 1. The third-order valence-electron chi connectivity index (χ3n) is 3.31. The van der Waals surface area contributed by atoms with Gasteiger partial charge < -0.3 is 15.0 Å². The van der Waals surface area contributed by atoms with E-state index in [0.29, 0.717) is 23.3 Å². The predicted octanol–water partition coefficient (Wildman–Crippen LogP) is 2.28. The van der Waals surface area contributed by atoms with Crippen LogP contribution in [0.25, 0.3) is 10.9 Å². The average Bonchev–Trinajstić information content (AvgIpc) is 2.89. The lowest BCUT2D eigenvalue weighted by Crippen LogP contribution is -2.07. The number of carboxylic acid groups (broad SMARTS) is 1. The molecule has 0 atom stereocenters. The maximum absolute atomic E-state index is 11.2. The first-order valence-corrected chi connectivity index (χ1v) is 6.48. The third kappa shape index (κ3) is 2.55. The highest BCUT2D eigenvalue weighted by molar-refractivity contribution is 6.02. The van der Waals surface area contributed by atoms with Gasteiger partial charge >= 0.3 is 5.97 Å². The van der Waals surface area contributed by atoms with E-state index in [9.17, 15) is 4.79 Å². The number of aromatic carboxylic acids is 1. The number of aromatic nitrogens is 3. The second-order valence-electron chi connectivity index (χ2n) is 4.68. The Bertz CT molecular complexity index is 810. The number of nitrogens with zero attached hydrogens (tertiary/aromatic N) is 3. The minimum Gasteiger partial charge on any atom is -0.478 e. The Hall–Kier alpha value is -2.89. The molecule has 6 heteroatoms. The van der Waals surface area contributed by atoms with Gasteiger partial charge in [-0.2, -0.15) is 0 Å². The van der Waals surface area contributed by atoms with Crippen molar-refractivity contribution in [2.45, 2.75) is 6.54 Å². The summed E-state index contributed by atoms with van der Waals surface area (Å²) in [5.74, 6) is 0.639. The zero-order chi connectivity index (χ0) is 14.8. The smallest absolute Gasteiger partial charge is 0.336 e. The van der Waals surface area contributed by atoms with Gasteiger partial charge in [0.05, 0.1) is 17.6 Å². The third-order valence-corrected chi connectivity index (χ3v) is 3.31. The van der Waals surface area contributed by atoms with Crippen LogP contribution in [0.4, 0.5) is 5.82 Å². The SMILES string of the molecule is Cn1ccnc1CNc1ccc2c(C(=O)O)cccc2n1. The first-order valence-electron chi connectivity index (χ1n) is 6.48. The molecule has 0 saturated carbocycles. The molecule has 0 aliphatic carbocycles.